The third-order valence-electron chi connectivity index (χ3n) is 4.51. The normalized spacial score (nSPS) is 17.9. The maximum Gasteiger partial charge on any atom is 0.0459 e. The molecule has 0 atom stereocenters. The number of nitrogens with one attached hydrogen (secondary N) is 1. The first-order chi connectivity index (χ1) is 9.74. The molecule has 1 fully saturated rings. The lowest BCUT2D eigenvalue weighted by Gasteiger charge is -2.32. The lowest BCUT2D eigenvalue weighted by atomic mass is 10.0. The number of H-pyrrole nitrogens is 1. The van der Waals surface area contributed by atoms with Gasteiger partial charge >= 0.3 is 0 Å². The molecular formula is C17H25N3. The van der Waals surface area contributed by atoms with Crippen LogP contribution in [0.15, 0.2) is 24.4 Å². The molecule has 1 aromatic carbocycles. The topological polar surface area (TPSA) is 22.3 Å². The van der Waals surface area contributed by atoms with Crippen molar-refractivity contribution in [1.29, 1.82) is 0 Å². The van der Waals surface area contributed by atoms with Crippen molar-refractivity contribution < 1.29 is 0 Å². The Balaban J connectivity index is 1.58. The fourth-order valence-electron chi connectivity index (χ4n) is 3.21. The van der Waals surface area contributed by atoms with Crippen LogP contribution in [0.5, 0.6) is 0 Å². The number of hydrogen-bond donors (Lipinski definition) is 1. The number of benzene rings is 1. The van der Waals surface area contributed by atoms with Crippen molar-refractivity contribution >= 4 is 10.9 Å². The van der Waals surface area contributed by atoms with Gasteiger partial charge in [0.15, 0.2) is 0 Å². The second-order valence-electron chi connectivity index (χ2n) is 6.06. The minimum Gasteiger partial charge on any atom is -0.361 e. The van der Waals surface area contributed by atoms with Gasteiger partial charge in [0.2, 0.25) is 0 Å². The second kappa shape index (κ2) is 5.98. The summed E-state index contributed by atoms with van der Waals surface area (Å²) in [6, 6.07) is 6.51. The van der Waals surface area contributed by atoms with E-state index in [1.165, 1.54) is 67.6 Å². The summed E-state index contributed by atoms with van der Waals surface area (Å²) in [5.41, 5.74) is 4.14. The molecule has 0 radical (unpaired) electrons. The molecule has 3 heteroatoms. The quantitative estimate of drug-likeness (QED) is 0.923. The Morgan fingerprint density at radius 1 is 1.15 bits per heavy atom. The van der Waals surface area contributed by atoms with Crippen LogP contribution >= 0.6 is 0 Å². The molecule has 108 valence electrons. The van der Waals surface area contributed by atoms with Crippen molar-refractivity contribution in [2.75, 3.05) is 39.8 Å². The van der Waals surface area contributed by atoms with Gasteiger partial charge in [-0.2, -0.15) is 0 Å². The summed E-state index contributed by atoms with van der Waals surface area (Å²) in [5.74, 6) is 0. The largest absolute Gasteiger partial charge is 0.361 e. The van der Waals surface area contributed by atoms with Crippen LogP contribution in [0.1, 0.15) is 17.5 Å². The smallest absolute Gasteiger partial charge is 0.0459 e. The van der Waals surface area contributed by atoms with Gasteiger partial charge in [0.05, 0.1) is 0 Å². The van der Waals surface area contributed by atoms with Gasteiger partial charge < -0.3 is 14.8 Å². The first-order valence-electron chi connectivity index (χ1n) is 7.70. The average molecular weight is 271 g/mol. The molecule has 0 saturated carbocycles. The van der Waals surface area contributed by atoms with Crippen LogP contribution in [0.4, 0.5) is 0 Å². The third kappa shape index (κ3) is 2.89. The van der Waals surface area contributed by atoms with Crippen LogP contribution in [0.25, 0.3) is 10.9 Å². The van der Waals surface area contributed by atoms with E-state index in [-0.39, 0.29) is 0 Å². The summed E-state index contributed by atoms with van der Waals surface area (Å²) in [7, 11) is 2.21. The van der Waals surface area contributed by atoms with Crippen molar-refractivity contribution in [2.24, 2.45) is 0 Å². The van der Waals surface area contributed by atoms with Gasteiger partial charge in [-0.25, -0.2) is 0 Å². The number of aromatic nitrogens is 1. The summed E-state index contributed by atoms with van der Waals surface area (Å²) in [5, 5.41) is 1.44. The summed E-state index contributed by atoms with van der Waals surface area (Å²) in [6.07, 6.45) is 4.63. The molecule has 2 aromatic rings. The maximum atomic E-state index is 3.40. The molecule has 1 aliphatic rings. The van der Waals surface area contributed by atoms with Crippen LogP contribution in [0, 0.1) is 6.92 Å². The number of fused-ring (bicyclic) bond motifs is 1. The number of piperazine rings is 1. The fraction of sp³-hybridized carbons (Fsp3) is 0.529. The number of aryl methyl sites for hydroxylation is 2. The van der Waals surface area contributed by atoms with Gasteiger partial charge in [-0.1, -0.05) is 12.1 Å². The van der Waals surface area contributed by atoms with E-state index in [2.05, 4.69) is 53.2 Å². The van der Waals surface area contributed by atoms with Crippen LogP contribution < -0.4 is 0 Å². The minimum atomic E-state index is 1.18. The Hall–Kier alpha value is -1.32. The zero-order valence-corrected chi connectivity index (χ0v) is 12.7. The molecule has 0 spiro atoms. The van der Waals surface area contributed by atoms with E-state index >= 15 is 0 Å². The van der Waals surface area contributed by atoms with E-state index in [1.54, 1.807) is 0 Å². The molecular weight excluding hydrogens is 246 g/mol. The molecule has 0 aliphatic carbocycles. The van der Waals surface area contributed by atoms with Gasteiger partial charge in [0, 0.05) is 43.3 Å². The Morgan fingerprint density at radius 3 is 2.75 bits per heavy atom. The molecule has 0 amide bonds. The summed E-state index contributed by atoms with van der Waals surface area (Å²) in [6.45, 7) is 8.32. The SMILES string of the molecule is Cc1cccc2[nH]cc(CCCN3CCN(C)CC3)c12. The van der Waals surface area contributed by atoms with Crippen molar-refractivity contribution in [1.82, 2.24) is 14.8 Å². The highest BCUT2D eigenvalue weighted by Gasteiger charge is 2.13. The summed E-state index contributed by atoms with van der Waals surface area (Å²) >= 11 is 0. The van der Waals surface area contributed by atoms with Crippen LogP contribution in [0.2, 0.25) is 0 Å². The van der Waals surface area contributed by atoms with Crippen LogP contribution in [0.3, 0.4) is 0 Å². The zero-order valence-electron chi connectivity index (χ0n) is 12.7. The van der Waals surface area contributed by atoms with Crippen molar-refractivity contribution in [3.63, 3.8) is 0 Å². The highest BCUT2D eigenvalue weighted by Crippen LogP contribution is 2.23. The van der Waals surface area contributed by atoms with Gasteiger partial charge in [0.1, 0.15) is 0 Å². The molecule has 1 saturated heterocycles. The molecule has 1 aliphatic heterocycles. The molecule has 1 N–H and O–H groups in total. The molecule has 3 rings (SSSR count). The molecule has 2 heterocycles. The number of aromatic amines is 1. The van der Waals surface area contributed by atoms with Gasteiger partial charge in [-0.05, 0) is 50.6 Å². The molecule has 20 heavy (non-hydrogen) atoms. The third-order valence-corrected chi connectivity index (χ3v) is 4.51. The predicted octanol–water partition coefficient (Wildman–Crippen LogP) is 2.66. The van der Waals surface area contributed by atoms with E-state index in [0.717, 1.165) is 0 Å². The van der Waals surface area contributed by atoms with E-state index in [9.17, 15) is 0 Å². The number of rotatable bonds is 4. The highest BCUT2D eigenvalue weighted by atomic mass is 15.2. The maximum absolute atomic E-state index is 3.40. The van der Waals surface area contributed by atoms with Gasteiger partial charge in [-0.15, -0.1) is 0 Å². The molecule has 0 bridgehead atoms. The lowest BCUT2D eigenvalue weighted by molar-refractivity contribution is 0.153. The van der Waals surface area contributed by atoms with E-state index < -0.39 is 0 Å². The monoisotopic (exact) mass is 271 g/mol. The fourth-order valence-corrected chi connectivity index (χ4v) is 3.21. The van der Waals surface area contributed by atoms with Crippen LogP contribution in [-0.4, -0.2) is 54.6 Å². The number of likely N-dealkylation sites (N-methyl/N-ethyl adjacent to an activating group) is 1. The summed E-state index contributed by atoms with van der Waals surface area (Å²) in [4.78, 5) is 8.42. The Bertz CT molecular complexity index is 565. The Labute approximate surface area is 121 Å². The second-order valence-corrected chi connectivity index (χ2v) is 6.06. The zero-order chi connectivity index (χ0) is 13.9. The molecule has 0 unspecified atom stereocenters. The van der Waals surface area contributed by atoms with E-state index in [4.69, 9.17) is 0 Å². The van der Waals surface area contributed by atoms with Gasteiger partial charge in [-0.3, -0.25) is 0 Å². The Morgan fingerprint density at radius 2 is 1.95 bits per heavy atom. The van der Waals surface area contributed by atoms with Crippen LogP contribution in [-0.2, 0) is 6.42 Å². The van der Waals surface area contributed by atoms with E-state index in [0.29, 0.717) is 0 Å². The minimum absolute atomic E-state index is 1.18. The van der Waals surface area contributed by atoms with Gasteiger partial charge in [0.25, 0.3) is 0 Å². The molecule has 3 nitrogen and oxygen atoms in total. The highest BCUT2D eigenvalue weighted by molar-refractivity contribution is 5.86. The van der Waals surface area contributed by atoms with Crippen molar-refractivity contribution in [3.05, 3.63) is 35.5 Å². The number of nitrogens with zero attached hydrogens (tertiary/aromatic N) is 2. The molecule has 1 aromatic heterocycles. The Kier molecular flexibility index (Phi) is 4.08. The number of hydrogen-bond acceptors (Lipinski definition) is 2. The predicted molar refractivity (Wildman–Crippen MR) is 85.3 cm³/mol. The van der Waals surface area contributed by atoms with Crippen molar-refractivity contribution in [3.8, 4) is 0 Å². The first kappa shape index (κ1) is 13.7. The average Bonchev–Trinajstić information content (AvgIpc) is 2.86. The summed E-state index contributed by atoms with van der Waals surface area (Å²) < 4.78 is 0. The standard InChI is InChI=1S/C17H25N3/c1-14-5-3-7-16-17(14)15(13-18-16)6-4-8-20-11-9-19(2)10-12-20/h3,5,7,13,18H,4,6,8-12H2,1-2H3. The lowest BCUT2D eigenvalue weighted by Crippen LogP contribution is -2.44. The first-order valence-corrected chi connectivity index (χ1v) is 7.70. The van der Waals surface area contributed by atoms with Crippen molar-refractivity contribution in [2.45, 2.75) is 19.8 Å². The van der Waals surface area contributed by atoms with E-state index in [1.807, 2.05) is 0 Å².